The van der Waals surface area contributed by atoms with Crippen LogP contribution in [0.4, 0.5) is 0 Å². The van der Waals surface area contributed by atoms with Crippen LogP contribution < -0.4 is 5.32 Å². The molecule has 1 rings (SSSR count). The van der Waals surface area contributed by atoms with Gasteiger partial charge in [-0.25, -0.2) is 0 Å². The maximum atomic E-state index is 11.2. The van der Waals surface area contributed by atoms with E-state index < -0.39 is 5.38 Å². The first-order valence-corrected chi connectivity index (χ1v) is 5.08. The van der Waals surface area contributed by atoms with Crippen LogP contribution in [0.3, 0.4) is 0 Å². The Hall–Kier alpha value is -0.240. The molecule has 0 unspecified atom stereocenters. The van der Waals surface area contributed by atoms with Crippen LogP contribution in [0.2, 0.25) is 0 Å². The summed E-state index contributed by atoms with van der Waals surface area (Å²) in [4.78, 5) is 11.2. The summed E-state index contributed by atoms with van der Waals surface area (Å²) in [6.07, 6.45) is 6.02. The van der Waals surface area contributed by atoms with Crippen molar-refractivity contribution in [1.82, 2.24) is 5.32 Å². The highest BCUT2D eigenvalue weighted by Crippen LogP contribution is 2.17. The Kier molecular flexibility index (Phi) is 3.86. The van der Waals surface area contributed by atoms with Crippen molar-refractivity contribution in [3.63, 3.8) is 0 Å². The first kappa shape index (κ1) is 9.85. The smallest absolute Gasteiger partial charge is 0.237 e. The Bertz CT molecular complexity index is 153. The largest absolute Gasteiger partial charge is 0.352 e. The second-order valence-electron chi connectivity index (χ2n) is 3.46. The fourth-order valence-electron chi connectivity index (χ4n) is 1.56. The van der Waals surface area contributed by atoms with E-state index in [0.29, 0.717) is 6.04 Å². The van der Waals surface area contributed by atoms with E-state index in [0.717, 1.165) is 12.8 Å². The van der Waals surface area contributed by atoms with Gasteiger partial charge in [0, 0.05) is 6.04 Å². The molecule has 2 nitrogen and oxygen atoms in total. The highest BCUT2D eigenvalue weighted by Gasteiger charge is 2.17. The molecule has 0 aromatic rings. The van der Waals surface area contributed by atoms with E-state index in [1.165, 1.54) is 19.3 Å². The third-order valence-corrected chi connectivity index (χ3v) is 2.51. The Balaban J connectivity index is 2.24. The molecule has 0 spiro atoms. The monoisotopic (exact) mass is 189 g/mol. The summed E-state index contributed by atoms with van der Waals surface area (Å²) < 4.78 is 0. The van der Waals surface area contributed by atoms with Gasteiger partial charge >= 0.3 is 0 Å². The molecule has 3 heteroatoms. The molecular formula is C9H16ClNO. The topological polar surface area (TPSA) is 29.1 Å². The number of hydrogen-bond acceptors (Lipinski definition) is 1. The van der Waals surface area contributed by atoms with E-state index >= 15 is 0 Å². The van der Waals surface area contributed by atoms with Gasteiger partial charge in [-0.15, -0.1) is 11.6 Å². The van der Waals surface area contributed by atoms with Crippen molar-refractivity contribution in [3.05, 3.63) is 0 Å². The van der Waals surface area contributed by atoms with Crippen LogP contribution >= 0.6 is 11.6 Å². The van der Waals surface area contributed by atoms with Gasteiger partial charge < -0.3 is 5.32 Å². The van der Waals surface area contributed by atoms with E-state index in [-0.39, 0.29) is 5.91 Å². The molecule has 1 saturated carbocycles. The fourth-order valence-corrected chi connectivity index (χ4v) is 1.63. The van der Waals surface area contributed by atoms with Crippen molar-refractivity contribution in [3.8, 4) is 0 Å². The predicted octanol–water partition coefficient (Wildman–Crippen LogP) is 2.06. The van der Waals surface area contributed by atoms with Gasteiger partial charge in [-0.3, -0.25) is 4.79 Å². The lowest BCUT2D eigenvalue weighted by Crippen LogP contribution is -2.39. The number of amides is 1. The number of halogens is 1. The van der Waals surface area contributed by atoms with Gasteiger partial charge in [-0.1, -0.05) is 19.3 Å². The molecule has 0 bridgehead atoms. The number of alkyl halides is 1. The maximum absolute atomic E-state index is 11.2. The van der Waals surface area contributed by atoms with Crippen molar-refractivity contribution in [2.75, 3.05) is 0 Å². The molecule has 0 radical (unpaired) electrons. The number of hydrogen-bond donors (Lipinski definition) is 1. The molecular weight excluding hydrogens is 174 g/mol. The minimum Gasteiger partial charge on any atom is -0.352 e. The SMILES string of the molecule is C[C@@H](Cl)C(=O)NC1CCCCC1. The molecule has 1 N–H and O–H groups in total. The molecule has 0 saturated heterocycles. The molecule has 0 aromatic carbocycles. The number of rotatable bonds is 2. The van der Waals surface area contributed by atoms with E-state index in [1.807, 2.05) is 0 Å². The second kappa shape index (κ2) is 4.70. The molecule has 1 amide bonds. The number of nitrogens with one attached hydrogen (secondary N) is 1. The summed E-state index contributed by atoms with van der Waals surface area (Å²) in [5.74, 6) is -0.0245. The minimum atomic E-state index is -0.396. The zero-order chi connectivity index (χ0) is 8.97. The molecule has 1 fully saturated rings. The molecule has 0 heterocycles. The van der Waals surface area contributed by atoms with Crippen molar-refractivity contribution >= 4 is 17.5 Å². The van der Waals surface area contributed by atoms with E-state index in [2.05, 4.69) is 5.32 Å². The van der Waals surface area contributed by atoms with Gasteiger partial charge in [0.2, 0.25) is 5.91 Å². The summed E-state index contributed by atoms with van der Waals surface area (Å²) >= 11 is 5.64. The Morgan fingerprint density at radius 1 is 1.42 bits per heavy atom. The average molecular weight is 190 g/mol. The summed E-state index contributed by atoms with van der Waals surface area (Å²) in [6, 6.07) is 0.382. The normalized spacial score (nSPS) is 21.8. The molecule has 0 aliphatic heterocycles. The van der Waals surface area contributed by atoms with E-state index in [4.69, 9.17) is 11.6 Å². The lowest BCUT2D eigenvalue weighted by Gasteiger charge is -2.23. The van der Waals surface area contributed by atoms with Crippen molar-refractivity contribution in [2.45, 2.75) is 50.4 Å². The minimum absolute atomic E-state index is 0.0245. The van der Waals surface area contributed by atoms with Crippen LogP contribution in [0, 0.1) is 0 Å². The Morgan fingerprint density at radius 2 is 2.00 bits per heavy atom. The summed E-state index contributed by atoms with van der Waals surface area (Å²) in [5, 5.41) is 2.55. The van der Waals surface area contributed by atoms with Crippen LogP contribution in [0.25, 0.3) is 0 Å². The van der Waals surface area contributed by atoms with Gasteiger partial charge in [0.1, 0.15) is 5.38 Å². The second-order valence-corrected chi connectivity index (χ2v) is 4.11. The number of carbonyl (C=O) groups excluding carboxylic acids is 1. The average Bonchev–Trinajstić information content (AvgIpc) is 2.06. The number of carbonyl (C=O) groups is 1. The van der Waals surface area contributed by atoms with Gasteiger partial charge in [0.15, 0.2) is 0 Å². The third-order valence-electron chi connectivity index (χ3n) is 2.31. The third kappa shape index (κ3) is 3.02. The zero-order valence-corrected chi connectivity index (χ0v) is 8.23. The van der Waals surface area contributed by atoms with Crippen molar-refractivity contribution < 1.29 is 4.79 Å². The molecule has 1 atom stereocenters. The fraction of sp³-hybridized carbons (Fsp3) is 0.889. The highest BCUT2D eigenvalue weighted by atomic mass is 35.5. The van der Waals surface area contributed by atoms with Crippen molar-refractivity contribution in [2.24, 2.45) is 0 Å². The summed E-state index contributed by atoms with van der Waals surface area (Å²) in [5.41, 5.74) is 0. The maximum Gasteiger partial charge on any atom is 0.237 e. The Labute approximate surface area is 78.7 Å². The van der Waals surface area contributed by atoms with Crippen LogP contribution in [-0.2, 0) is 4.79 Å². The molecule has 0 aromatic heterocycles. The Morgan fingerprint density at radius 3 is 2.50 bits per heavy atom. The molecule has 1 aliphatic rings. The first-order valence-electron chi connectivity index (χ1n) is 4.64. The first-order chi connectivity index (χ1) is 5.70. The quantitative estimate of drug-likeness (QED) is 0.662. The van der Waals surface area contributed by atoms with Gasteiger partial charge in [-0.2, -0.15) is 0 Å². The van der Waals surface area contributed by atoms with Gasteiger partial charge in [-0.05, 0) is 19.8 Å². The molecule has 12 heavy (non-hydrogen) atoms. The predicted molar refractivity (Wildman–Crippen MR) is 50.3 cm³/mol. The standard InChI is InChI=1S/C9H16ClNO/c1-7(10)9(12)11-8-5-3-2-4-6-8/h7-8H,2-6H2,1H3,(H,11,12)/t7-/m1/s1. The highest BCUT2D eigenvalue weighted by molar-refractivity contribution is 6.30. The van der Waals surface area contributed by atoms with Gasteiger partial charge in [0.05, 0.1) is 0 Å². The summed E-state index contributed by atoms with van der Waals surface area (Å²) in [7, 11) is 0. The molecule has 70 valence electrons. The van der Waals surface area contributed by atoms with Crippen LogP contribution in [0.1, 0.15) is 39.0 Å². The van der Waals surface area contributed by atoms with Crippen LogP contribution in [0.5, 0.6) is 0 Å². The lowest BCUT2D eigenvalue weighted by molar-refractivity contribution is -0.121. The van der Waals surface area contributed by atoms with E-state index in [1.54, 1.807) is 6.92 Å². The van der Waals surface area contributed by atoms with Crippen molar-refractivity contribution in [1.29, 1.82) is 0 Å². The van der Waals surface area contributed by atoms with Crippen LogP contribution in [-0.4, -0.2) is 17.3 Å². The van der Waals surface area contributed by atoms with Crippen LogP contribution in [0.15, 0.2) is 0 Å². The summed E-state index contributed by atoms with van der Waals surface area (Å²) in [6.45, 7) is 1.71. The molecule has 1 aliphatic carbocycles. The van der Waals surface area contributed by atoms with E-state index in [9.17, 15) is 4.79 Å². The zero-order valence-electron chi connectivity index (χ0n) is 7.48. The lowest BCUT2D eigenvalue weighted by atomic mass is 9.95. The van der Waals surface area contributed by atoms with Gasteiger partial charge in [0.25, 0.3) is 0 Å².